The Morgan fingerprint density at radius 1 is 1.22 bits per heavy atom. The maximum atomic E-state index is 12.2. The second kappa shape index (κ2) is 5.72. The van der Waals surface area contributed by atoms with Crippen molar-refractivity contribution in [2.45, 2.75) is 20.8 Å². The van der Waals surface area contributed by atoms with E-state index in [1.165, 1.54) is 4.90 Å². The summed E-state index contributed by atoms with van der Waals surface area (Å²) in [7, 11) is 0. The summed E-state index contributed by atoms with van der Waals surface area (Å²) < 4.78 is 2.09. The van der Waals surface area contributed by atoms with Gasteiger partial charge in [-0.15, -0.1) is 0 Å². The molecule has 3 amide bonds. The van der Waals surface area contributed by atoms with E-state index >= 15 is 0 Å². The van der Waals surface area contributed by atoms with E-state index < -0.39 is 0 Å². The van der Waals surface area contributed by atoms with Crippen LogP contribution in [-0.4, -0.2) is 32.9 Å². The van der Waals surface area contributed by atoms with Crippen molar-refractivity contribution in [3.63, 3.8) is 0 Å². The van der Waals surface area contributed by atoms with Gasteiger partial charge in [0, 0.05) is 36.0 Å². The number of nitrogens with one attached hydrogen (secondary N) is 1. The lowest BCUT2D eigenvalue weighted by atomic mass is 10.2. The van der Waals surface area contributed by atoms with Crippen LogP contribution in [0.3, 0.4) is 0 Å². The third-order valence-electron chi connectivity index (χ3n) is 3.97. The minimum Gasteiger partial charge on any atom is -0.318 e. The molecule has 2 aromatic rings. The van der Waals surface area contributed by atoms with E-state index in [0.717, 1.165) is 22.6 Å². The number of hydrogen-bond acceptors (Lipinski definition) is 3. The second-order valence-corrected chi connectivity index (χ2v) is 5.40. The SMILES string of the molecule is CCN1C(=O)N/C(=C\c2cc(C)n(-c3ccncc3)c2C)C1=O. The van der Waals surface area contributed by atoms with Crippen LogP contribution < -0.4 is 5.32 Å². The van der Waals surface area contributed by atoms with Crippen LogP contribution in [0.4, 0.5) is 4.79 Å². The van der Waals surface area contributed by atoms with E-state index in [-0.39, 0.29) is 11.9 Å². The number of carbonyl (C=O) groups is 2. The minimum absolute atomic E-state index is 0.286. The van der Waals surface area contributed by atoms with Crippen LogP contribution >= 0.6 is 0 Å². The molecule has 3 rings (SSSR count). The van der Waals surface area contributed by atoms with Crippen LogP contribution in [0.25, 0.3) is 11.8 Å². The van der Waals surface area contributed by atoms with Crippen LogP contribution in [-0.2, 0) is 4.79 Å². The fourth-order valence-corrected chi connectivity index (χ4v) is 2.84. The summed E-state index contributed by atoms with van der Waals surface area (Å²) in [6, 6.07) is 5.49. The average Bonchev–Trinajstić information content (AvgIpc) is 2.96. The zero-order valence-corrected chi connectivity index (χ0v) is 13.3. The Morgan fingerprint density at radius 3 is 2.52 bits per heavy atom. The highest BCUT2D eigenvalue weighted by Crippen LogP contribution is 2.23. The number of aryl methyl sites for hydroxylation is 1. The minimum atomic E-state index is -0.369. The normalized spacial score (nSPS) is 16.3. The number of urea groups is 1. The maximum Gasteiger partial charge on any atom is 0.328 e. The summed E-state index contributed by atoms with van der Waals surface area (Å²) in [6.45, 7) is 6.12. The zero-order valence-electron chi connectivity index (χ0n) is 13.3. The summed E-state index contributed by atoms with van der Waals surface area (Å²) in [5, 5.41) is 2.63. The van der Waals surface area contributed by atoms with Gasteiger partial charge in [0.15, 0.2) is 0 Å². The molecule has 0 spiro atoms. The van der Waals surface area contributed by atoms with Crippen molar-refractivity contribution in [3.8, 4) is 5.69 Å². The van der Waals surface area contributed by atoms with Crippen LogP contribution in [0.15, 0.2) is 36.3 Å². The lowest BCUT2D eigenvalue weighted by Gasteiger charge is -2.09. The molecule has 0 saturated carbocycles. The van der Waals surface area contributed by atoms with Crippen molar-refractivity contribution in [2.24, 2.45) is 0 Å². The average molecular weight is 310 g/mol. The number of hydrogen-bond donors (Lipinski definition) is 1. The molecule has 6 heteroatoms. The molecule has 0 bridgehead atoms. The van der Waals surface area contributed by atoms with Crippen LogP contribution in [0.1, 0.15) is 23.9 Å². The van der Waals surface area contributed by atoms with Gasteiger partial charge in [-0.25, -0.2) is 4.79 Å². The van der Waals surface area contributed by atoms with E-state index in [9.17, 15) is 9.59 Å². The molecule has 0 atom stereocenters. The fraction of sp³-hybridized carbons (Fsp3) is 0.235. The molecule has 0 radical (unpaired) electrons. The third-order valence-corrected chi connectivity index (χ3v) is 3.97. The summed E-state index contributed by atoms with van der Waals surface area (Å²) >= 11 is 0. The standard InChI is InChI=1S/C17H18N4O2/c1-4-20-16(22)15(19-17(20)23)10-13-9-11(2)21(12(13)3)14-5-7-18-8-6-14/h5-10H,4H2,1-3H3,(H,19,23)/b15-10-. The number of nitrogens with zero attached hydrogens (tertiary/aromatic N) is 3. The van der Waals surface area contributed by atoms with Gasteiger partial charge in [-0.05, 0) is 50.6 Å². The third kappa shape index (κ3) is 2.52. The molecule has 1 N–H and O–H groups in total. The Kier molecular flexibility index (Phi) is 3.73. The number of aromatic nitrogens is 2. The second-order valence-electron chi connectivity index (χ2n) is 5.40. The highest BCUT2D eigenvalue weighted by Gasteiger charge is 2.32. The Morgan fingerprint density at radius 2 is 1.91 bits per heavy atom. The highest BCUT2D eigenvalue weighted by atomic mass is 16.2. The molecule has 0 aliphatic carbocycles. The molecule has 2 aromatic heterocycles. The first kappa shape index (κ1) is 15.0. The highest BCUT2D eigenvalue weighted by molar-refractivity contribution is 6.14. The van der Waals surface area contributed by atoms with Crippen molar-refractivity contribution in [1.82, 2.24) is 19.8 Å². The first-order valence-corrected chi connectivity index (χ1v) is 7.46. The van der Waals surface area contributed by atoms with Crippen molar-refractivity contribution >= 4 is 18.0 Å². The zero-order chi connectivity index (χ0) is 16.6. The molecule has 0 unspecified atom stereocenters. The molecule has 6 nitrogen and oxygen atoms in total. The number of amides is 3. The van der Waals surface area contributed by atoms with E-state index in [1.807, 2.05) is 32.0 Å². The van der Waals surface area contributed by atoms with E-state index in [1.54, 1.807) is 25.4 Å². The topological polar surface area (TPSA) is 67.2 Å². The van der Waals surface area contributed by atoms with E-state index in [4.69, 9.17) is 0 Å². The molecule has 23 heavy (non-hydrogen) atoms. The Bertz CT molecular complexity index is 806. The van der Waals surface area contributed by atoms with Crippen molar-refractivity contribution in [2.75, 3.05) is 6.54 Å². The molecule has 1 aliphatic heterocycles. The number of pyridine rings is 1. The van der Waals surface area contributed by atoms with E-state index in [0.29, 0.717) is 12.2 Å². The molecule has 118 valence electrons. The van der Waals surface area contributed by atoms with Gasteiger partial charge in [0.25, 0.3) is 5.91 Å². The molecule has 1 aliphatic rings. The van der Waals surface area contributed by atoms with Gasteiger partial charge in [0.2, 0.25) is 0 Å². The van der Waals surface area contributed by atoms with Crippen LogP contribution in [0.2, 0.25) is 0 Å². The smallest absolute Gasteiger partial charge is 0.318 e. The summed E-state index contributed by atoms with van der Waals surface area (Å²) in [5.74, 6) is -0.286. The van der Waals surface area contributed by atoms with Crippen molar-refractivity contribution in [1.29, 1.82) is 0 Å². The largest absolute Gasteiger partial charge is 0.328 e. The summed E-state index contributed by atoms with van der Waals surface area (Å²) in [6.07, 6.45) is 5.22. The molecule has 0 aromatic carbocycles. The van der Waals surface area contributed by atoms with Gasteiger partial charge in [0.05, 0.1) is 0 Å². The number of likely N-dealkylation sites (N-methyl/N-ethyl adjacent to an activating group) is 1. The molecule has 3 heterocycles. The van der Waals surface area contributed by atoms with Crippen LogP contribution in [0.5, 0.6) is 0 Å². The predicted octanol–water partition coefficient (Wildman–Crippen LogP) is 2.40. The maximum absolute atomic E-state index is 12.2. The number of carbonyl (C=O) groups excluding carboxylic acids is 2. The van der Waals surface area contributed by atoms with Crippen molar-refractivity contribution in [3.05, 3.63) is 53.2 Å². The lowest BCUT2D eigenvalue weighted by Crippen LogP contribution is -2.30. The molecule has 1 fully saturated rings. The van der Waals surface area contributed by atoms with Gasteiger partial charge in [-0.1, -0.05) is 0 Å². The molecule has 1 saturated heterocycles. The Balaban J connectivity index is 2.02. The summed E-state index contributed by atoms with van der Waals surface area (Å²) in [5.41, 5.74) is 4.27. The fourth-order valence-electron chi connectivity index (χ4n) is 2.84. The quantitative estimate of drug-likeness (QED) is 0.699. The number of imide groups is 1. The van der Waals surface area contributed by atoms with Gasteiger partial charge in [-0.2, -0.15) is 0 Å². The van der Waals surface area contributed by atoms with Gasteiger partial charge >= 0.3 is 6.03 Å². The Hall–Kier alpha value is -2.89. The monoisotopic (exact) mass is 310 g/mol. The predicted molar refractivity (Wildman–Crippen MR) is 86.9 cm³/mol. The van der Waals surface area contributed by atoms with E-state index in [2.05, 4.69) is 14.9 Å². The summed E-state index contributed by atoms with van der Waals surface area (Å²) in [4.78, 5) is 29.1. The van der Waals surface area contributed by atoms with Gasteiger partial charge in [-0.3, -0.25) is 14.7 Å². The Labute approximate surface area is 134 Å². The van der Waals surface area contributed by atoms with Gasteiger partial charge in [0.1, 0.15) is 5.70 Å². The first-order valence-electron chi connectivity index (χ1n) is 7.46. The number of rotatable bonds is 3. The molecular weight excluding hydrogens is 292 g/mol. The van der Waals surface area contributed by atoms with Gasteiger partial charge < -0.3 is 9.88 Å². The van der Waals surface area contributed by atoms with Crippen molar-refractivity contribution < 1.29 is 9.59 Å². The first-order chi connectivity index (χ1) is 11.0. The van der Waals surface area contributed by atoms with Crippen LogP contribution in [0, 0.1) is 13.8 Å². The molecular formula is C17H18N4O2. The lowest BCUT2D eigenvalue weighted by molar-refractivity contribution is -0.122.